The minimum absolute atomic E-state index is 0.189. The summed E-state index contributed by atoms with van der Waals surface area (Å²) < 4.78 is 18.9. The molecule has 0 radical (unpaired) electrons. The van der Waals surface area contributed by atoms with Gasteiger partial charge in [0.2, 0.25) is 0 Å². The van der Waals surface area contributed by atoms with Crippen molar-refractivity contribution < 1.29 is 8.91 Å². The van der Waals surface area contributed by atoms with Crippen molar-refractivity contribution in [2.24, 2.45) is 0 Å². The topological polar surface area (TPSA) is 87.0 Å². The van der Waals surface area contributed by atoms with Gasteiger partial charge in [0.1, 0.15) is 11.6 Å². The van der Waals surface area contributed by atoms with Crippen LogP contribution in [0.3, 0.4) is 0 Å². The Morgan fingerprint density at radius 2 is 1.89 bits per heavy atom. The van der Waals surface area contributed by atoms with Gasteiger partial charge in [0.15, 0.2) is 5.82 Å². The van der Waals surface area contributed by atoms with Crippen molar-refractivity contribution in [3.05, 3.63) is 89.5 Å². The SMILES string of the molecule is Cc1noc(-c2ccc3nc(Cc4cc(CN5CCN(c6cccc(F)c6)CC5)ccn4)[nH]c3c2)n1. The Hall–Kier alpha value is -4.11. The summed E-state index contributed by atoms with van der Waals surface area (Å²) in [6.45, 7) is 6.28. The summed E-state index contributed by atoms with van der Waals surface area (Å²) in [5.74, 6) is 1.77. The zero-order chi connectivity index (χ0) is 24.5. The maximum atomic E-state index is 13.6. The number of aryl methyl sites for hydroxylation is 1. The highest BCUT2D eigenvalue weighted by atomic mass is 19.1. The third-order valence-electron chi connectivity index (χ3n) is 6.49. The van der Waals surface area contributed by atoms with E-state index in [2.05, 4.69) is 42.0 Å². The zero-order valence-corrected chi connectivity index (χ0v) is 20.0. The highest BCUT2D eigenvalue weighted by Crippen LogP contribution is 2.23. The number of nitrogens with zero attached hydrogens (tertiary/aromatic N) is 6. The van der Waals surface area contributed by atoms with Gasteiger partial charge in [-0.1, -0.05) is 11.2 Å². The van der Waals surface area contributed by atoms with Crippen LogP contribution in [0.5, 0.6) is 0 Å². The number of pyridine rings is 1. The fourth-order valence-corrected chi connectivity index (χ4v) is 4.68. The first kappa shape index (κ1) is 22.4. The van der Waals surface area contributed by atoms with Crippen LogP contribution >= 0.6 is 0 Å². The van der Waals surface area contributed by atoms with Crippen molar-refractivity contribution in [2.45, 2.75) is 19.9 Å². The summed E-state index contributed by atoms with van der Waals surface area (Å²) in [4.78, 5) is 21.7. The third-order valence-corrected chi connectivity index (χ3v) is 6.49. The van der Waals surface area contributed by atoms with Gasteiger partial charge in [-0.15, -0.1) is 0 Å². The van der Waals surface area contributed by atoms with Crippen molar-refractivity contribution in [3.63, 3.8) is 0 Å². The lowest BCUT2D eigenvalue weighted by Gasteiger charge is -2.36. The fourth-order valence-electron chi connectivity index (χ4n) is 4.68. The van der Waals surface area contributed by atoms with E-state index in [4.69, 9.17) is 9.51 Å². The molecule has 0 bridgehead atoms. The Balaban J connectivity index is 1.10. The van der Waals surface area contributed by atoms with Crippen molar-refractivity contribution in [3.8, 4) is 11.5 Å². The van der Waals surface area contributed by atoms with Gasteiger partial charge in [-0.25, -0.2) is 9.37 Å². The second-order valence-corrected chi connectivity index (χ2v) is 9.14. The molecule has 1 fully saturated rings. The van der Waals surface area contributed by atoms with Gasteiger partial charge in [-0.3, -0.25) is 9.88 Å². The van der Waals surface area contributed by atoms with Crippen molar-refractivity contribution in [1.29, 1.82) is 0 Å². The zero-order valence-electron chi connectivity index (χ0n) is 20.0. The molecule has 8 nitrogen and oxygen atoms in total. The molecule has 1 N–H and O–H groups in total. The first-order valence-corrected chi connectivity index (χ1v) is 12.0. The summed E-state index contributed by atoms with van der Waals surface area (Å²) in [7, 11) is 0. The number of rotatable bonds is 6. The van der Waals surface area contributed by atoms with Gasteiger partial charge in [0.25, 0.3) is 5.89 Å². The second kappa shape index (κ2) is 9.50. The summed E-state index contributed by atoms with van der Waals surface area (Å²) in [6.07, 6.45) is 2.48. The smallest absolute Gasteiger partial charge is 0.257 e. The van der Waals surface area contributed by atoms with E-state index in [-0.39, 0.29) is 5.82 Å². The van der Waals surface area contributed by atoms with Crippen LogP contribution in [-0.4, -0.2) is 56.2 Å². The molecule has 2 aromatic carbocycles. The van der Waals surface area contributed by atoms with E-state index in [1.807, 2.05) is 30.5 Å². The minimum atomic E-state index is -0.189. The number of anilines is 1. The molecule has 0 amide bonds. The van der Waals surface area contributed by atoms with E-state index in [9.17, 15) is 4.39 Å². The maximum absolute atomic E-state index is 13.6. The Kier molecular flexibility index (Phi) is 5.90. The number of fused-ring (bicyclic) bond motifs is 1. The van der Waals surface area contributed by atoms with E-state index in [1.165, 1.54) is 11.6 Å². The average molecular weight is 484 g/mol. The van der Waals surface area contributed by atoms with Gasteiger partial charge in [0, 0.05) is 62.3 Å². The second-order valence-electron chi connectivity index (χ2n) is 9.14. The lowest BCUT2D eigenvalue weighted by atomic mass is 10.1. The molecule has 182 valence electrons. The van der Waals surface area contributed by atoms with Crippen LogP contribution in [0.25, 0.3) is 22.5 Å². The summed E-state index contributed by atoms with van der Waals surface area (Å²) in [6, 6.07) is 16.9. The predicted octanol–water partition coefficient (Wildman–Crippen LogP) is 4.37. The molecular weight excluding hydrogens is 457 g/mol. The molecule has 1 aliphatic heterocycles. The predicted molar refractivity (Wildman–Crippen MR) is 135 cm³/mol. The third kappa shape index (κ3) is 4.83. The summed E-state index contributed by atoms with van der Waals surface area (Å²) >= 11 is 0. The van der Waals surface area contributed by atoms with Crippen molar-refractivity contribution in [2.75, 3.05) is 31.1 Å². The van der Waals surface area contributed by atoms with E-state index >= 15 is 0 Å². The lowest BCUT2D eigenvalue weighted by Crippen LogP contribution is -2.46. The summed E-state index contributed by atoms with van der Waals surface area (Å²) in [5, 5.41) is 3.87. The number of hydrogen-bond donors (Lipinski definition) is 1. The Labute approximate surface area is 207 Å². The number of halogens is 1. The molecule has 0 atom stereocenters. The minimum Gasteiger partial charge on any atom is -0.369 e. The Morgan fingerprint density at radius 1 is 1.00 bits per heavy atom. The van der Waals surface area contributed by atoms with Gasteiger partial charge in [0.05, 0.1) is 11.0 Å². The van der Waals surface area contributed by atoms with Crippen molar-refractivity contribution in [1.82, 2.24) is 30.0 Å². The molecule has 0 aliphatic carbocycles. The molecule has 4 heterocycles. The standard InChI is InChI=1S/C27H26FN7O/c1-18-30-27(36-33-18)20-5-6-24-25(14-20)32-26(31-24)16-22-13-19(7-8-29-22)17-34-9-11-35(12-10-34)23-4-2-3-21(28)15-23/h2-8,13-15H,9-12,16-17H2,1H3,(H,31,32). The number of piperazine rings is 1. The molecule has 0 saturated carbocycles. The molecule has 36 heavy (non-hydrogen) atoms. The molecule has 1 saturated heterocycles. The number of hydrogen-bond acceptors (Lipinski definition) is 7. The Morgan fingerprint density at radius 3 is 2.69 bits per heavy atom. The van der Waals surface area contributed by atoms with Crippen LogP contribution in [0, 0.1) is 12.7 Å². The van der Waals surface area contributed by atoms with E-state index in [0.717, 1.165) is 66.5 Å². The molecule has 3 aromatic heterocycles. The molecule has 1 aliphatic rings. The number of aromatic nitrogens is 5. The normalized spacial score (nSPS) is 14.6. The molecule has 0 spiro atoms. The van der Waals surface area contributed by atoms with Gasteiger partial charge in [-0.2, -0.15) is 4.98 Å². The van der Waals surface area contributed by atoms with E-state index in [0.29, 0.717) is 18.1 Å². The highest BCUT2D eigenvalue weighted by molar-refractivity contribution is 5.80. The van der Waals surface area contributed by atoms with E-state index in [1.54, 1.807) is 19.1 Å². The largest absolute Gasteiger partial charge is 0.369 e. The molecule has 5 aromatic rings. The average Bonchev–Trinajstić information content (AvgIpc) is 3.49. The lowest BCUT2D eigenvalue weighted by molar-refractivity contribution is 0.249. The Bertz CT molecular complexity index is 1500. The molecule has 9 heteroatoms. The van der Waals surface area contributed by atoms with Gasteiger partial charge in [-0.05, 0) is 61.0 Å². The van der Waals surface area contributed by atoms with Crippen LogP contribution < -0.4 is 4.90 Å². The monoisotopic (exact) mass is 483 g/mol. The van der Waals surface area contributed by atoms with Crippen LogP contribution in [0.2, 0.25) is 0 Å². The number of H-pyrrole nitrogens is 1. The maximum Gasteiger partial charge on any atom is 0.257 e. The first-order valence-electron chi connectivity index (χ1n) is 12.0. The summed E-state index contributed by atoms with van der Waals surface area (Å²) in [5.41, 5.74) is 5.81. The van der Waals surface area contributed by atoms with Crippen molar-refractivity contribution >= 4 is 16.7 Å². The van der Waals surface area contributed by atoms with Gasteiger partial charge < -0.3 is 14.4 Å². The molecule has 6 rings (SSSR count). The first-order chi connectivity index (χ1) is 17.6. The highest BCUT2D eigenvalue weighted by Gasteiger charge is 2.18. The van der Waals surface area contributed by atoms with Crippen LogP contribution in [-0.2, 0) is 13.0 Å². The fraction of sp³-hybridized carbons (Fsp3) is 0.259. The van der Waals surface area contributed by atoms with Crippen LogP contribution in [0.15, 0.2) is 65.3 Å². The van der Waals surface area contributed by atoms with Crippen LogP contribution in [0.1, 0.15) is 22.9 Å². The van der Waals surface area contributed by atoms with Crippen LogP contribution in [0.4, 0.5) is 10.1 Å². The number of nitrogens with one attached hydrogen (secondary N) is 1. The quantitative estimate of drug-likeness (QED) is 0.384. The number of benzene rings is 2. The number of imidazole rings is 1. The van der Waals surface area contributed by atoms with E-state index < -0.39 is 0 Å². The number of aromatic amines is 1. The molecule has 0 unspecified atom stereocenters. The molecular formula is C27H26FN7O. The van der Waals surface area contributed by atoms with Gasteiger partial charge >= 0.3 is 0 Å².